The average Bonchev–Trinajstić information content (AvgIpc) is 2.23. The number of phenolic OH excluding ortho intramolecular Hbond substituents is 1. The summed E-state index contributed by atoms with van der Waals surface area (Å²) < 4.78 is 4.90. The summed E-state index contributed by atoms with van der Waals surface area (Å²) in [5, 5.41) is 18.2. The van der Waals surface area contributed by atoms with Crippen LogP contribution in [0.4, 0.5) is 0 Å². The molecular weight excluding hydrogens is 236 g/mol. The fraction of sp³-hybridized carbons (Fsp3) is 0.200. The number of aliphatic carboxylic acids is 1. The Labute approximate surface area is 96.2 Å². The first-order valence-corrected chi connectivity index (χ1v) is 4.61. The number of ketones is 1. The Balaban J connectivity index is 3.45. The highest BCUT2D eigenvalue weighted by molar-refractivity contribution is 6.41. The molecule has 0 aromatic heterocycles. The highest BCUT2D eigenvalue weighted by Gasteiger charge is 2.23. The summed E-state index contributed by atoms with van der Waals surface area (Å²) in [6.45, 7) is 1.47. The minimum absolute atomic E-state index is 0.0717. The first kappa shape index (κ1) is 12.3. The predicted octanol–water partition coefficient (Wildman–Crippen LogP) is 1.63. The lowest BCUT2D eigenvalue weighted by Crippen LogP contribution is -2.13. The minimum atomic E-state index is -1.66. The van der Waals surface area contributed by atoms with Crippen LogP contribution in [0.25, 0.3) is 0 Å². The third kappa shape index (κ3) is 1.94. The van der Waals surface area contributed by atoms with E-state index in [4.69, 9.17) is 21.4 Å². The zero-order chi connectivity index (χ0) is 12.5. The van der Waals surface area contributed by atoms with E-state index in [-0.39, 0.29) is 21.9 Å². The van der Waals surface area contributed by atoms with Gasteiger partial charge in [-0.3, -0.25) is 4.79 Å². The molecule has 0 fully saturated rings. The molecule has 0 aliphatic carbocycles. The van der Waals surface area contributed by atoms with Gasteiger partial charge in [0, 0.05) is 5.56 Å². The maximum Gasteiger partial charge on any atom is 0.377 e. The van der Waals surface area contributed by atoms with Gasteiger partial charge >= 0.3 is 5.97 Å². The number of benzene rings is 1. The van der Waals surface area contributed by atoms with Gasteiger partial charge in [-0.25, -0.2) is 4.79 Å². The van der Waals surface area contributed by atoms with Crippen molar-refractivity contribution in [1.82, 2.24) is 0 Å². The molecule has 0 spiro atoms. The third-order valence-electron chi connectivity index (χ3n) is 2.08. The van der Waals surface area contributed by atoms with Crippen LogP contribution in [0.15, 0.2) is 6.07 Å². The van der Waals surface area contributed by atoms with Crippen molar-refractivity contribution in [3.8, 4) is 11.5 Å². The van der Waals surface area contributed by atoms with E-state index in [9.17, 15) is 14.7 Å². The molecular formula is C10H9ClO5. The molecule has 0 amide bonds. The Morgan fingerprint density at radius 3 is 2.44 bits per heavy atom. The van der Waals surface area contributed by atoms with E-state index in [1.165, 1.54) is 14.0 Å². The lowest BCUT2D eigenvalue weighted by atomic mass is 10.0. The molecule has 0 aliphatic rings. The van der Waals surface area contributed by atoms with Crippen LogP contribution in [0.5, 0.6) is 11.5 Å². The monoisotopic (exact) mass is 244 g/mol. The van der Waals surface area contributed by atoms with E-state index >= 15 is 0 Å². The summed E-state index contributed by atoms with van der Waals surface area (Å²) >= 11 is 5.77. The smallest absolute Gasteiger partial charge is 0.377 e. The number of carboxylic acid groups (broad SMARTS) is 1. The summed E-state index contributed by atoms with van der Waals surface area (Å²) in [5.74, 6) is -3.10. The second kappa shape index (κ2) is 4.40. The van der Waals surface area contributed by atoms with Crippen molar-refractivity contribution < 1.29 is 24.5 Å². The molecule has 0 heterocycles. The Bertz CT molecular complexity index is 467. The lowest BCUT2D eigenvalue weighted by molar-refractivity contribution is -0.131. The molecule has 2 N–H and O–H groups in total. The highest BCUT2D eigenvalue weighted by atomic mass is 35.5. The van der Waals surface area contributed by atoms with E-state index in [0.29, 0.717) is 0 Å². The summed E-state index contributed by atoms with van der Waals surface area (Å²) in [5.41, 5.74) is -0.129. The van der Waals surface area contributed by atoms with Gasteiger partial charge in [0.25, 0.3) is 5.78 Å². The topological polar surface area (TPSA) is 83.8 Å². The van der Waals surface area contributed by atoms with Crippen LogP contribution in [0.2, 0.25) is 5.02 Å². The summed E-state index contributed by atoms with van der Waals surface area (Å²) in [6.07, 6.45) is 0. The molecule has 1 rings (SSSR count). The van der Waals surface area contributed by atoms with Crippen LogP contribution in [0.3, 0.4) is 0 Å². The van der Waals surface area contributed by atoms with E-state index in [1.54, 1.807) is 0 Å². The van der Waals surface area contributed by atoms with Crippen molar-refractivity contribution in [2.24, 2.45) is 0 Å². The normalized spacial score (nSPS) is 9.94. The fourth-order valence-electron chi connectivity index (χ4n) is 1.29. The molecule has 0 unspecified atom stereocenters. The van der Waals surface area contributed by atoms with Crippen molar-refractivity contribution in [3.05, 3.63) is 22.2 Å². The Kier molecular flexibility index (Phi) is 3.39. The van der Waals surface area contributed by atoms with Gasteiger partial charge in [-0.15, -0.1) is 0 Å². The number of hydrogen-bond acceptors (Lipinski definition) is 4. The number of rotatable bonds is 3. The average molecular weight is 245 g/mol. The van der Waals surface area contributed by atoms with Crippen LogP contribution >= 0.6 is 11.6 Å². The van der Waals surface area contributed by atoms with Crippen LogP contribution in [-0.4, -0.2) is 29.1 Å². The molecule has 0 saturated carbocycles. The largest absolute Gasteiger partial charge is 0.507 e. The molecule has 5 nitrogen and oxygen atoms in total. The first-order valence-electron chi connectivity index (χ1n) is 4.23. The fourth-order valence-corrected chi connectivity index (χ4v) is 1.62. The van der Waals surface area contributed by atoms with Gasteiger partial charge in [0.05, 0.1) is 17.7 Å². The number of halogens is 1. The van der Waals surface area contributed by atoms with E-state index in [0.717, 1.165) is 6.07 Å². The van der Waals surface area contributed by atoms with Crippen LogP contribution in [0, 0.1) is 6.92 Å². The van der Waals surface area contributed by atoms with Crippen LogP contribution in [-0.2, 0) is 4.79 Å². The summed E-state index contributed by atoms with van der Waals surface area (Å²) in [4.78, 5) is 21.7. The number of phenols is 1. The molecule has 0 radical (unpaired) electrons. The van der Waals surface area contributed by atoms with Gasteiger partial charge < -0.3 is 14.9 Å². The van der Waals surface area contributed by atoms with Gasteiger partial charge in [0.15, 0.2) is 0 Å². The van der Waals surface area contributed by atoms with Crippen molar-refractivity contribution in [2.75, 3.05) is 7.11 Å². The van der Waals surface area contributed by atoms with Crippen molar-refractivity contribution >= 4 is 23.4 Å². The van der Waals surface area contributed by atoms with Gasteiger partial charge in [0.2, 0.25) is 0 Å². The number of aromatic hydroxyl groups is 1. The standard InChI is InChI=1S/C10H9ClO5/c1-4-7(12)5(8(13)10(14)15)3-6(11)9(4)16-2/h3,12H,1-2H3,(H,14,15). The molecule has 0 atom stereocenters. The molecule has 86 valence electrons. The van der Waals surface area contributed by atoms with E-state index in [2.05, 4.69) is 0 Å². The summed E-state index contributed by atoms with van der Waals surface area (Å²) in [6, 6.07) is 1.07. The Morgan fingerprint density at radius 1 is 1.44 bits per heavy atom. The van der Waals surface area contributed by atoms with Gasteiger partial charge in [-0.05, 0) is 13.0 Å². The molecule has 0 saturated heterocycles. The highest BCUT2D eigenvalue weighted by Crippen LogP contribution is 2.37. The van der Waals surface area contributed by atoms with E-state index < -0.39 is 17.5 Å². The second-order valence-corrected chi connectivity index (χ2v) is 3.45. The molecule has 16 heavy (non-hydrogen) atoms. The van der Waals surface area contributed by atoms with E-state index in [1.807, 2.05) is 0 Å². The molecule has 1 aromatic rings. The summed E-state index contributed by atoms with van der Waals surface area (Å²) in [7, 11) is 1.35. The number of hydrogen-bond donors (Lipinski definition) is 2. The number of carbonyl (C=O) groups is 2. The maximum absolute atomic E-state index is 11.2. The SMILES string of the molecule is COc1c(Cl)cc(C(=O)C(=O)O)c(O)c1C. The van der Waals surface area contributed by atoms with Gasteiger partial charge in [0.1, 0.15) is 11.5 Å². The maximum atomic E-state index is 11.2. The predicted molar refractivity (Wildman–Crippen MR) is 56.4 cm³/mol. The molecule has 1 aromatic carbocycles. The molecule has 6 heteroatoms. The quantitative estimate of drug-likeness (QED) is 0.624. The number of Topliss-reactive ketones (excluding diaryl/α,β-unsaturated/α-hetero) is 1. The minimum Gasteiger partial charge on any atom is -0.507 e. The molecule has 0 aliphatic heterocycles. The third-order valence-corrected chi connectivity index (χ3v) is 2.36. The van der Waals surface area contributed by atoms with Gasteiger partial charge in [-0.1, -0.05) is 11.6 Å². The molecule has 0 bridgehead atoms. The second-order valence-electron chi connectivity index (χ2n) is 3.05. The number of carbonyl (C=O) groups excluding carboxylic acids is 1. The van der Waals surface area contributed by atoms with Crippen molar-refractivity contribution in [2.45, 2.75) is 6.92 Å². The van der Waals surface area contributed by atoms with Crippen molar-refractivity contribution in [3.63, 3.8) is 0 Å². The van der Waals surface area contributed by atoms with Crippen molar-refractivity contribution in [1.29, 1.82) is 0 Å². The zero-order valence-electron chi connectivity index (χ0n) is 8.57. The Hall–Kier alpha value is -1.75. The Morgan fingerprint density at radius 2 is 2.00 bits per heavy atom. The number of carboxylic acids is 1. The number of ether oxygens (including phenoxy) is 1. The first-order chi connectivity index (χ1) is 7.40. The van der Waals surface area contributed by atoms with Crippen LogP contribution < -0.4 is 4.74 Å². The number of methoxy groups -OCH3 is 1. The zero-order valence-corrected chi connectivity index (χ0v) is 9.33. The lowest BCUT2D eigenvalue weighted by Gasteiger charge is -2.11. The van der Waals surface area contributed by atoms with Gasteiger partial charge in [-0.2, -0.15) is 0 Å². The van der Waals surface area contributed by atoms with Crippen LogP contribution in [0.1, 0.15) is 15.9 Å².